The topological polar surface area (TPSA) is 125 Å². The fraction of sp³-hybridized carbons (Fsp3) is 0.611. The second-order valence-corrected chi connectivity index (χ2v) is 14.9. The van der Waals surface area contributed by atoms with Crippen molar-refractivity contribution in [1.82, 2.24) is 15.1 Å². The van der Waals surface area contributed by atoms with E-state index in [9.17, 15) is 24.3 Å². The van der Waals surface area contributed by atoms with Crippen LogP contribution in [0.15, 0.2) is 55.6 Å². The van der Waals surface area contributed by atoms with Gasteiger partial charge in [-0.3, -0.25) is 19.2 Å². The Balaban J connectivity index is 1.74. The largest absolute Gasteiger partial charge is 0.455 e. The number of ether oxygens (including phenoxy) is 2. The van der Waals surface area contributed by atoms with E-state index in [2.05, 4.69) is 34.4 Å². The summed E-state index contributed by atoms with van der Waals surface area (Å²) < 4.78 is 12.9. The summed E-state index contributed by atoms with van der Waals surface area (Å²) >= 11 is 3.72. The summed E-state index contributed by atoms with van der Waals surface area (Å²) in [5.41, 5.74) is -0.615. The van der Waals surface area contributed by atoms with E-state index < -0.39 is 59.6 Å². The first-order valence-electron chi connectivity index (χ1n) is 16.6. The van der Waals surface area contributed by atoms with Crippen molar-refractivity contribution in [3.63, 3.8) is 0 Å². The zero-order chi connectivity index (χ0) is 34.6. The van der Waals surface area contributed by atoms with Gasteiger partial charge in [0.2, 0.25) is 17.7 Å². The minimum absolute atomic E-state index is 0.125. The summed E-state index contributed by atoms with van der Waals surface area (Å²) in [5.74, 6) is -3.41. The summed E-state index contributed by atoms with van der Waals surface area (Å²) in [5, 5.41) is 13.5. The lowest BCUT2D eigenvalue weighted by Gasteiger charge is -2.40. The van der Waals surface area contributed by atoms with E-state index in [0.29, 0.717) is 24.8 Å². The van der Waals surface area contributed by atoms with Crippen LogP contribution in [0.4, 0.5) is 0 Å². The van der Waals surface area contributed by atoms with Crippen molar-refractivity contribution in [3.05, 3.63) is 61.2 Å². The third kappa shape index (κ3) is 7.22. The fourth-order valence-corrected chi connectivity index (χ4v) is 8.56. The normalized spacial score (nSPS) is 28.1. The molecular weight excluding hydrogens is 666 g/mol. The number of carbonyl (C=O) groups is 4. The molecule has 1 unspecified atom stereocenters. The summed E-state index contributed by atoms with van der Waals surface area (Å²) in [6.07, 6.45) is 3.31. The summed E-state index contributed by atoms with van der Waals surface area (Å²) in [6, 6.07) is 6.68. The number of alkyl halides is 1. The van der Waals surface area contributed by atoms with Crippen molar-refractivity contribution in [2.24, 2.45) is 17.8 Å². The van der Waals surface area contributed by atoms with Gasteiger partial charge in [-0.25, -0.2) is 0 Å². The number of halogens is 1. The summed E-state index contributed by atoms with van der Waals surface area (Å²) in [4.78, 5) is 59.0. The average molecular weight is 717 g/mol. The molecule has 2 N–H and O–H groups in total. The van der Waals surface area contributed by atoms with E-state index in [1.54, 1.807) is 24.0 Å². The molecule has 1 aromatic rings. The van der Waals surface area contributed by atoms with Crippen molar-refractivity contribution in [3.8, 4) is 0 Å². The van der Waals surface area contributed by atoms with E-state index in [0.717, 1.165) is 0 Å². The van der Waals surface area contributed by atoms with Crippen LogP contribution in [0.1, 0.15) is 72.0 Å². The average Bonchev–Trinajstić information content (AvgIpc) is 3.63. The first-order valence-corrected chi connectivity index (χ1v) is 17.6. The van der Waals surface area contributed by atoms with Gasteiger partial charge in [0.15, 0.2) is 0 Å². The van der Waals surface area contributed by atoms with Crippen LogP contribution in [0.25, 0.3) is 0 Å². The molecule has 1 spiro atoms. The summed E-state index contributed by atoms with van der Waals surface area (Å²) in [7, 11) is 0. The standard InChI is InChI=1S/C36H50BrN3O7/c1-8-10-16-27(42)38-23(7)30(24-14-12-11-13-15-24)46-35(45)28-29-33(43)40(25(20-41)18-21(3)4)32(34(44)39(17-9-2)22(5)6)36(29)19-26(37)31(28)47-36/h8-9,11-15,21-23,25-26,28-32,41H,1-2,10,16-20H2,3-7H3,(H,38,42)/t23-,25+,26?,28+,29-,30-,31+,32+,36-/m0/s1. The smallest absolute Gasteiger partial charge is 0.313 e. The molecule has 3 heterocycles. The molecule has 3 fully saturated rings. The Bertz CT molecular complexity index is 1320. The number of carbonyl (C=O) groups excluding carboxylic acids is 4. The number of likely N-dealkylation sites (tertiary alicyclic amines) is 1. The fourth-order valence-electron chi connectivity index (χ4n) is 7.62. The van der Waals surface area contributed by atoms with Gasteiger partial charge in [-0.2, -0.15) is 0 Å². The maximum atomic E-state index is 14.6. The van der Waals surface area contributed by atoms with Gasteiger partial charge < -0.3 is 29.7 Å². The molecule has 3 saturated heterocycles. The van der Waals surface area contributed by atoms with E-state index in [-0.39, 0.29) is 48.2 Å². The Morgan fingerprint density at radius 3 is 2.43 bits per heavy atom. The van der Waals surface area contributed by atoms with Crippen LogP contribution in [0.3, 0.4) is 0 Å². The number of aliphatic hydroxyl groups is 1. The first-order chi connectivity index (χ1) is 22.3. The Labute approximate surface area is 287 Å². The number of nitrogens with zero attached hydrogens (tertiary/aromatic N) is 2. The van der Waals surface area contributed by atoms with Crippen LogP contribution in [0.2, 0.25) is 0 Å². The van der Waals surface area contributed by atoms with Crippen LogP contribution in [-0.4, -0.2) is 92.4 Å². The Morgan fingerprint density at radius 1 is 1.17 bits per heavy atom. The minimum Gasteiger partial charge on any atom is -0.455 e. The van der Waals surface area contributed by atoms with Crippen molar-refractivity contribution in [1.29, 1.82) is 0 Å². The maximum Gasteiger partial charge on any atom is 0.313 e. The lowest BCUT2D eigenvalue weighted by Crippen LogP contribution is -2.60. The Morgan fingerprint density at radius 2 is 1.85 bits per heavy atom. The Kier molecular flexibility index (Phi) is 12.1. The SMILES string of the molecule is C=CCCC(=O)N[C@@H](C)[C@H](OC(=O)[C@H]1[C@@H]2O[C@@]3(CC2Br)[C@@H]1C(=O)N([C@@H](CO)CC(C)C)[C@@H]3C(=O)N(CC=C)C(C)C)c1ccccc1. The number of rotatable bonds is 16. The highest BCUT2D eigenvalue weighted by Gasteiger charge is 2.77. The van der Waals surface area contributed by atoms with E-state index in [4.69, 9.17) is 9.47 Å². The van der Waals surface area contributed by atoms with Gasteiger partial charge in [0.25, 0.3) is 0 Å². The Hall–Kier alpha value is -3.02. The molecule has 0 aromatic heterocycles. The lowest BCUT2D eigenvalue weighted by atomic mass is 9.70. The van der Waals surface area contributed by atoms with Gasteiger partial charge >= 0.3 is 5.97 Å². The van der Waals surface area contributed by atoms with Crippen LogP contribution in [0, 0.1) is 17.8 Å². The predicted molar refractivity (Wildman–Crippen MR) is 182 cm³/mol. The molecule has 4 rings (SSSR count). The highest BCUT2D eigenvalue weighted by atomic mass is 79.9. The van der Waals surface area contributed by atoms with Gasteiger partial charge in [-0.05, 0) is 51.5 Å². The molecule has 3 amide bonds. The third-order valence-electron chi connectivity index (χ3n) is 9.60. The van der Waals surface area contributed by atoms with Gasteiger partial charge in [0, 0.05) is 23.8 Å². The molecule has 11 heteroatoms. The number of aliphatic hydroxyl groups excluding tert-OH is 1. The van der Waals surface area contributed by atoms with Crippen LogP contribution < -0.4 is 5.32 Å². The predicted octanol–water partition coefficient (Wildman–Crippen LogP) is 4.32. The number of allylic oxidation sites excluding steroid dienone is 1. The molecule has 9 atom stereocenters. The zero-order valence-electron chi connectivity index (χ0n) is 28.1. The molecular formula is C36H50BrN3O7. The monoisotopic (exact) mass is 715 g/mol. The van der Waals surface area contributed by atoms with Crippen LogP contribution >= 0.6 is 15.9 Å². The summed E-state index contributed by atoms with van der Waals surface area (Å²) in [6.45, 7) is 17.0. The second-order valence-electron chi connectivity index (χ2n) is 13.7. The maximum absolute atomic E-state index is 14.6. The van der Waals surface area contributed by atoms with E-state index in [1.807, 2.05) is 58.0 Å². The van der Waals surface area contributed by atoms with Gasteiger partial charge in [-0.15, -0.1) is 13.2 Å². The van der Waals surface area contributed by atoms with Crippen molar-refractivity contribution in [2.75, 3.05) is 13.2 Å². The van der Waals surface area contributed by atoms with Crippen LogP contribution in [0.5, 0.6) is 0 Å². The second kappa shape index (κ2) is 15.5. The van der Waals surface area contributed by atoms with Gasteiger partial charge in [-0.1, -0.05) is 72.3 Å². The van der Waals surface area contributed by atoms with Crippen molar-refractivity contribution >= 4 is 39.6 Å². The van der Waals surface area contributed by atoms with Crippen molar-refractivity contribution in [2.45, 2.75) is 107 Å². The van der Waals surface area contributed by atoms with E-state index in [1.165, 1.54) is 4.90 Å². The quantitative estimate of drug-likeness (QED) is 0.148. The molecule has 0 aliphatic carbocycles. The molecule has 10 nitrogen and oxygen atoms in total. The highest BCUT2D eigenvalue weighted by Crippen LogP contribution is 2.61. The molecule has 0 saturated carbocycles. The van der Waals surface area contributed by atoms with E-state index >= 15 is 0 Å². The molecule has 3 aliphatic heterocycles. The number of hydrogen-bond acceptors (Lipinski definition) is 7. The van der Waals surface area contributed by atoms with Crippen molar-refractivity contribution < 1.29 is 33.8 Å². The minimum atomic E-state index is -1.30. The molecule has 1 aromatic carbocycles. The lowest BCUT2D eigenvalue weighted by molar-refractivity contribution is -0.162. The number of benzene rings is 1. The third-order valence-corrected chi connectivity index (χ3v) is 10.4. The molecule has 2 bridgehead atoms. The number of fused-ring (bicyclic) bond motifs is 1. The number of amides is 3. The van der Waals surface area contributed by atoms with Crippen LogP contribution in [-0.2, 0) is 28.7 Å². The number of esters is 1. The highest BCUT2D eigenvalue weighted by molar-refractivity contribution is 9.09. The molecule has 0 radical (unpaired) electrons. The zero-order valence-corrected chi connectivity index (χ0v) is 29.7. The molecule has 47 heavy (non-hydrogen) atoms. The number of hydrogen-bond donors (Lipinski definition) is 2. The first kappa shape index (κ1) is 36.8. The number of nitrogens with one attached hydrogen (secondary N) is 1. The van der Waals surface area contributed by atoms with Gasteiger partial charge in [0.05, 0.1) is 36.6 Å². The van der Waals surface area contributed by atoms with Gasteiger partial charge in [0.1, 0.15) is 17.7 Å². The molecule has 3 aliphatic rings. The molecule has 258 valence electrons.